The summed E-state index contributed by atoms with van der Waals surface area (Å²) in [4.78, 5) is 29.1. The second-order valence-corrected chi connectivity index (χ2v) is 8.79. The SMILES string of the molecule is CC(=O)c1ccc(NC(=O)C(C)N2CCCC(CN3CCC(C)CC3)C2)cc1. The van der Waals surface area contributed by atoms with Crippen molar-refractivity contribution in [2.24, 2.45) is 11.8 Å². The topological polar surface area (TPSA) is 52.7 Å². The first-order valence-electron chi connectivity index (χ1n) is 10.8. The van der Waals surface area contributed by atoms with Crippen molar-refractivity contribution >= 4 is 17.4 Å². The highest BCUT2D eigenvalue weighted by Gasteiger charge is 2.29. The maximum Gasteiger partial charge on any atom is 0.241 e. The van der Waals surface area contributed by atoms with Gasteiger partial charge < -0.3 is 10.2 Å². The number of carbonyl (C=O) groups excluding carboxylic acids is 2. The van der Waals surface area contributed by atoms with Crippen LogP contribution in [0.15, 0.2) is 24.3 Å². The summed E-state index contributed by atoms with van der Waals surface area (Å²) in [7, 11) is 0. The van der Waals surface area contributed by atoms with Crippen molar-refractivity contribution in [1.82, 2.24) is 9.80 Å². The van der Waals surface area contributed by atoms with Crippen LogP contribution in [0.1, 0.15) is 56.8 Å². The van der Waals surface area contributed by atoms with Gasteiger partial charge in [0.1, 0.15) is 0 Å². The predicted octanol–water partition coefficient (Wildman–Crippen LogP) is 3.66. The Labute approximate surface area is 169 Å². The number of anilines is 1. The monoisotopic (exact) mass is 385 g/mol. The van der Waals surface area contributed by atoms with Crippen LogP contribution in [-0.2, 0) is 4.79 Å². The van der Waals surface area contributed by atoms with E-state index in [1.54, 1.807) is 31.2 Å². The van der Waals surface area contributed by atoms with Crippen LogP contribution >= 0.6 is 0 Å². The van der Waals surface area contributed by atoms with Crippen molar-refractivity contribution in [1.29, 1.82) is 0 Å². The average Bonchev–Trinajstić information content (AvgIpc) is 2.70. The molecule has 3 rings (SSSR count). The van der Waals surface area contributed by atoms with Crippen molar-refractivity contribution in [3.8, 4) is 0 Å². The Balaban J connectivity index is 1.50. The summed E-state index contributed by atoms with van der Waals surface area (Å²) in [6, 6.07) is 6.99. The first kappa shape index (κ1) is 21.0. The normalized spacial score (nSPS) is 23.3. The first-order chi connectivity index (χ1) is 13.4. The zero-order chi connectivity index (χ0) is 20.1. The lowest BCUT2D eigenvalue weighted by Gasteiger charge is -2.39. The van der Waals surface area contributed by atoms with Crippen LogP contribution in [0.2, 0.25) is 0 Å². The fourth-order valence-electron chi connectivity index (χ4n) is 4.41. The number of Topliss-reactive ketones (excluding diaryl/α,β-unsaturated/α-hetero) is 1. The van der Waals surface area contributed by atoms with Gasteiger partial charge in [-0.15, -0.1) is 0 Å². The molecule has 2 fully saturated rings. The van der Waals surface area contributed by atoms with Gasteiger partial charge in [0.2, 0.25) is 5.91 Å². The number of benzene rings is 1. The number of nitrogens with zero attached hydrogens (tertiary/aromatic N) is 2. The van der Waals surface area contributed by atoms with E-state index in [2.05, 4.69) is 22.0 Å². The molecular weight excluding hydrogens is 350 g/mol. The van der Waals surface area contributed by atoms with Crippen molar-refractivity contribution in [2.45, 2.75) is 52.5 Å². The average molecular weight is 386 g/mol. The van der Waals surface area contributed by atoms with E-state index in [4.69, 9.17) is 0 Å². The lowest BCUT2D eigenvalue weighted by Crippen LogP contribution is -2.49. The fraction of sp³-hybridized carbons (Fsp3) is 0.652. The third-order valence-electron chi connectivity index (χ3n) is 6.43. The minimum Gasteiger partial charge on any atom is -0.325 e. The number of rotatable bonds is 6. The lowest BCUT2D eigenvalue weighted by atomic mass is 9.93. The molecule has 2 unspecified atom stereocenters. The summed E-state index contributed by atoms with van der Waals surface area (Å²) in [5.74, 6) is 1.59. The number of piperidine rings is 2. The van der Waals surface area contributed by atoms with E-state index in [1.807, 2.05) is 6.92 Å². The number of hydrogen-bond acceptors (Lipinski definition) is 4. The van der Waals surface area contributed by atoms with Gasteiger partial charge in [-0.1, -0.05) is 6.92 Å². The predicted molar refractivity (Wildman–Crippen MR) is 114 cm³/mol. The molecule has 5 heteroatoms. The minimum atomic E-state index is -0.142. The van der Waals surface area contributed by atoms with Gasteiger partial charge in [0.15, 0.2) is 5.78 Å². The van der Waals surface area contributed by atoms with Crippen LogP contribution in [-0.4, -0.2) is 60.3 Å². The smallest absolute Gasteiger partial charge is 0.241 e. The molecule has 0 aromatic heterocycles. The number of nitrogens with one attached hydrogen (secondary N) is 1. The molecule has 28 heavy (non-hydrogen) atoms. The molecule has 1 N–H and O–H groups in total. The largest absolute Gasteiger partial charge is 0.325 e. The van der Waals surface area contributed by atoms with E-state index in [-0.39, 0.29) is 17.7 Å². The van der Waals surface area contributed by atoms with Gasteiger partial charge >= 0.3 is 0 Å². The summed E-state index contributed by atoms with van der Waals surface area (Å²) in [5, 5.41) is 3.00. The number of ketones is 1. The molecule has 154 valence electrons. The van der Waals surface area contributed by atoms with Gasteiger partial charge in [0.05, 0.1) is 6.04 Å². The second-order valence-electron chi connectivity index (χ2n) is 8.79. The van der Waals surface area contributed by atoms with Crippen molar-refractivity contribution in [3.05, 3.63) is 29.8 Å². The van der Waals surface area contributed by atoms with Gasteiger partial charge in [-0.3, -0.25) is 14.5 Å². The summed E-state index contributed by atoms with van der Waals surface area (Å²) in [6.45, 7) is 11.5. The molecule has 1 aromatic carbocycles. The molecule has 1 amide bonds. The maximum absolute atomic E-state index is 12.7. The molecule has 0 bridgehead atoms. The molecule has 1 aromatic rings. The van der Waals surface area contributed by atoms with E-state index in [0.717, 1.165) is 24.7 Å². The van der Waals surface area contributed by atoms with Crippen LogP contribution in [0.25, 0.3) is 0 Å². The molecular formula is C23H35N3O2. The summed E-state index contributed by atoms with van der Waals surface area (Å²) >= 11 is 0. The van der Waals surface area contributed by atoms with Crippen LogP contribution in [0.5, 0.6) is 0 Å². The van der Waals surface area contributed by atoms with E-state index >= 15 is 0 Å². The highest BCUT2D eigenvalue weighted by atomic mass is 16.2. The number of carbonyl (C=O) groups is 2. The highest BCUT2D eigenvalue weighted by molar-refractivity contribution is 5.96. The van der Waals surface area contributed by atoms with Gasteiger partial charge in [0.25, 0.3) is 0 Å². The Hall–Kier alpha value is -1.72. The second kappa shape index (κ2) is 9.66. The van der Waals surface area contributed by atoms with Crippen molar-refractivity contribution in [2.75, 3.05) is 38.0 Å². The van der Waals surface area contributed by atoms with Crippen LogP contribution in [0, 0.1) is 11.8 Å². The third-order valence-corrected chi connectivity index (χ3v) is 6.43. The Morgan fingerprint density at radius 2 is 1.79 bits per heavy atom. The number of amides is 1. The van der Waals surface area contributed by atoms with Crippen molar-refractivity contribution < 1.29 is 9.59 Å². The number of likely N-dealkylation sites (tertiary alicyclic amines) is 2. The Kier molecular flexibility index (Phi) is 7.24. The first-order valence-corrected chi connectivity index (χ1v) is 10.8. The molecule has 5 nitrogen and oxygen atoms in total. The summed E-state index contributed by atoms with van der Waals surface area (Å²) < 4.78 is 0. The fourth-order valence-corrected chi connectivity index (χ4v) is 4.41. The van der Waals surface area contributed by atoms with E-state index in [9.17, 15) is 9.59 Å². The molecule has 2 heterocycles. The number of hydrogen-bond donors (Lipinski definition) is 1. The van der Waals surface area contributed by atoms with Crippen LogP contribution in [0.4, 0.5) is 5.69 Å². The molecule has 2 aliphatic rings. The van der Waals surface area contributed by atoms with Crippen LogP contribution < -0.4 is 5.32 Å². The van der Waals surface area contributed by atoms with E-state index in [1.165, 1.54) is 45.3 Å². The Morgan fingerprint density at radius 1 is 1.11 bits per heavy atom. The Bertz CT molecular complexity index is 665. The van der Waals surface area contributed by atoms with Gasteiger partial charge in [-0.25, -0.2) is 0 Å². The zero-order valence-electron chi connectivity index (χ0n) is 17.6. The van der Waals surface area contributed by atoms with Crippen molar-refractivity contribution in [3.63, 3.8) is 0 Å². The minimum absolute atomic E-state index is 0.0306. The van der Waals surface area contributed by atoms with E-state index < -0.39 is 0 Å². The van der Waals surface area contributed by atoms with Crippen LogP contribution in [0.3, 0.4) is 0 Å². The van der Waals surface area contributed by atoms with Gasteiger partial charge in [-0.2, -0.15) is 0 Å². The molecule has 2 aliphatic heterocycles. The third kappa shape index (κ3) is 5.65. The molecule has 0 radical (unpaired) electrons. The highest BCUT2D eigenvalue weighted by Crippen LogP contribution is 2.23. The summed E-state index contributed by atoms with van der Waals surface area (Å²) in [5.41, 5.74) is 1.41. The molecule has 0 saturated carbocycles. The summed E-state index contributed by atoms with van der Waals surface area (Å²) in [6.07, 6.45) is 5.07. The maximum atomic E-state index is 12.7. The molecule has 0 spiro atoms. The van der Waals surface area contributed by atoms with E-state index in [0.29, 0.717) is 11.5 Å². The molecule has 2 atom stereocenters. The Morgan fingerprint density at radius 3 is 2.43 bits per heavy atom. The molecule has 0 aliphatic carbocycles. The zero-order valence-corrected chi connectivity index (χ0v) is 17.6. The quantitative estimate of drug-likeness (QED) is 0.760. The van der Waals surface area contributed by atoms with Gasteiger partial charge in [-0.05, 0) is 95.3 Å². The standard InChI is InChI=1S/C23H35N3O2/c1-17-10-13-25(14-11-17)15-20-5-4-12-26(16-20)18(2)23(28)24-22-8-6-21(7-9-22)19(3)27/h6-9,17-18,20H,4-5,10-16H2,1-3H3,(H,24,28). The van der Waals surface area contributed by atoms with Gasteiger partial charge in [0, 0.05) is 24.3 Å². The molecule has 2 saturated heterocycles. The lowest BCUT2D eigenvalue weighted by molar-refractivity contribution is -0.121.